The van der Waals surface area contributed by atoms with Crippen LogP contribution in [0.25, 0.3) is 0 Å². The molecule has 0 rings (SSSR count). The van der Waals surface area contributed by atoms with E-state index in [0.29, 0.717) is 6.08 Å². The minimum Gasteiger partial charge on any atom is -0.478 e. The molecule has 0 saturated carbocycles. The first-order valence-electron chi connectivity index (χ1n) is 2.88. The van der Waals surface area contributed by atoms with Crippen molar-refractivity contribution in [2.75, 3.05) is 0 Å². The van der Waals surface area contributed by atoms with E-state index in [9.17, 15) is 18.0 Å². The number of aliphatic carboxylic acids is 1. The van der Waals surface area contributed by atoms with Crippen LogP contribution < -0.4 is 0 Å². The molecule has 0 aliphatic heterocycles. The van der Waals surface area contributed by atoms with Gasteiger partial charge in [-0.3, -0.25) is 0 Å². The minimum atomic E-state index is -4.21. The minimum absolute atomic E-state index is 0.282. The van der Waals surface area contributed by atoms with Crippen molar-refractivity contribution < 1.29 is 23.1 Å². The number of hydrogen-bond donors (Lipinski definition) is 1. The molecule has 0 atom stereocenters. The van der Waals surface area contributed by atoms with Gasteiger partial charge in [0.05, 0.1) is 0 Å². The van der Waals surface area contributed by atoms with Gasteiger partial charge in [0.2, 0.25) is 0 Å². The van der Waals surface area contributed by atoms with Crippen molar-refractivity contribution in [3.8, 4) is 0 Å². The first-order valence-corrected chi connectivity index (χ1v) is 2.88. The number of halogens is 3. The van der Waals surface area contributed by atoms with Crippen molar-refractivity contribution in [3.05, 3.63) is 12.2 Å². The van der Waals surface area contributed by atoms with Gasteiger partial charge in [0.1, 0.15) is 0 Å². The topological polar surface area (TPSA) is 37.3 Å². The molecule has 0 fully saturated rings. The number of alkyl halides is 3. The van der Waals surface area contributed by atoms with Crippen LogP contribution in [0.2, 0.25) is 0 Å². The second kappa shape index (κ2) is 4.00. The molecule has 0 aromatic carbocycles. The van der Waals surface area contributed by atoms with Crippen LogP contribution in [0.3, 0.4) is 0 Å². The molecule has 0 unspecified atom stereocenters. The van der Waals surface area contributed by atoms with Gasteiger partial charge in [-0.1, -0.05) is 6.08 Å². The van der Waals surface area contributed by atoms with Gasteiger partial charge in [0.15, 0.2) is 0 Å². The summed E-state index contributed by atoms with van der Waals surface area (Å²) in [7, 11) is 0. The van der Waals surface area contributed by atoms with Gasteiger partial charge in [-0.2, -0.15) is 13.2 Å². The van der Waals surface area contributed by atoms with Gasteiger partial charge in [-0.15, -0.1) is 0 Å². The zero-order valence-electron chi connectivity index (χ0n) is 5.56. The molecule has 5 heteroatoms. The Morgan fingerprint density at radius 3 is 2.36 bits per heavy atom. The molecule has 0 heterocycles. The van der Waals surface area contributed by atoms with E-state index in [1.807, 2.05) is 0 Å². The molecular formula is C6H7F3O2. The van der Waals surface area contributed by atoms with Crippen LogP contribution in [-0.2, 0) is 4.79 Å². The fraction of sp³-hybridized carbons (Fsp3) is 0.500. The molecule has 2 nitrogen and oxygen atoms in total. The Morgan fingerprint density at radius 1 is 1.45 bits per heavy atom. The van der Waals surface area contributed by atoms with Gasteiger partial charge in [0.25, 0.3) is 0 Å². The smallest absolute Gasteiger partial charge is 0.389 e. The Labute approximate surface area is 61.3 Å². The van der Waals surface area contributed by atoms with Crippen LogP contribution >= 0.6 is 0 Å². The van der Waals surface area contributed by atoms with Crippen molar-refractivity contribution in [2.45, 2.75) is 19.0 Å². The molecule has 11 heavy (non-hydrogen) atoms. The van der Waals surface area contributed by atoms with Crippen LogP contribution in [0.1, 0.15) is 12.8 Å². The Balaban J connectivity index is 3.50. The van der Waals surface area contributed by atoms with E-state index in [2.05, 4.69) is 0 Å². The van der Waals surface area contributed by atoms with E-state index in [1.54, 1.807) is 0 Å². The third kappa shape index (κ3) is 9.00. The highest BCUT2D eigenvalue weighted by atomic mass is 19.4. The summed E-state index contributed by atoms with van der Waals surface area (Å²) in [5, 5.41) is 7.97. The molecular weight excluding hydrogens is 161 g/mol. The van der Waals surface area contributed by atoms with Gasteiger partial charge in [-0.05, 0) is 6.42 Å². The summed E-state index contributed by atoms with van der Waals surface area (Å²) in [6.07, 6.45) is -3.78. The summed E-state index contributed by atoms with van der Waals surface area (Å²) in [6, 6.07) is 0. The summed E-state index contributed by atoms with van der Waals surface area (Å²) in [5.41, 5.74) is 0. The van der Waals surface area contributed by atoms with E-state index in [1.165, 1.54) is 0 Å². The molecule has 0 aliphatic carbocycles. The van der Waals surface area contributed by atoms with Crippen LogP contribution in [0.4, 0.5) is 13.2 Å². The second-order valence-electron chi connectivity index (χ2n) is 1.89. The second-order valence-corrected chi connectivity index (χ2v) is 1.89. The number of hydrogen-bond acceptors (Lipinski definition) is 1. The fourth-order valence-corrected chi connectivity index (χ4v) is 0.431. The van der Waals surface area contributed by atoms with Crippen molar-refractivity contribution in [1.82, 2.24) is 0 Å². The van der Waals surface area contributed by atoms with Crippen molar-refractivity contribution in [1.29, 1.82) is 0 Å². The highest BCUT2D eigenvalue weighted by Gasteiger charge is 2.25. The summed E-state index contributed by atoms with van der Waals surface area (Å²) in [6.45, 7) is 0. The van der Waals surface area contributed by atoms with Crippen molar-refractivity contribution in [3.63, 3.8) is 0 Å². The third-order valence-corrected chi connectivity index (χ3v) is 0.855. The lowest BCUT2D eigenvalue weighted by Gasteiger charge is -2.01. The van der Waals surface area contributed by atoms with Crippen LogP contribution in [-0.4, -0.2) is 17.3 Å². The first kappa shape index (κ1) is 10.0. The summed E-state index contributed by atoms with van der Waals surface area (Å²) >= 11 is 0. The highest BCUT2D eigenvalue weighted by molar-refractivity contribution is 5.79. The van der Waals surface area contributed by atoms with Crippen LogP contribution in [0.15, 0.2) is 12.2 Å². The normalized spacial score (nSPS) is 12.3. The number of carboxylic acid groups (broad SMARTS) is 1. The maximum Gasteiger partial charge on any atom is 0.389 e. The maximum atomic E-state index is 11.4. The zero-order valence-corrected chi connectivity index (χ0v) is 5.56. The van der Waals surface area contributed by atoms with Gasteiger partial charge in [-0.25, -0.2) is 4.79 Å². The molecule has 0 spiro atoms. The number of carboxylic acids is 1. The third-order valence-electron chi connectivity index (χ3n) is 0.855. The van der Waals surface area contributed by atoms with Crippen LogP contribution in [0, 0.1) is 0 Å². The Hall–Kier alpha value is -1.00. The predicted octanol–water partition coefficient (Wildman–Crippen LogP) is 1.97. The molecule has 0 aromatic rings. The monoisotopic (exact) mass is 168 g/mol. The van der Waals surface area contributed by atoms with Crippen LogP contribution in [0.5, 0.6) is 0 Å². The molecule has 0 saturated heterocycles. The van der Waals surface area contributed by atoms with Crippen molar-refractivity contribution >= 4 is 5.97 Å². The van der Waals surface area contributed by atoms with Gasteiger partial charge >= 0.3 is 12.1 Å². The number of allylic oxidation sites excluding steroid dienone is 1. The van der Waals surface area contributed by atoms with Gasteiger partial charge < -0.3 is 5.11 Å². The van der Waals surface area contributed by atoms with E-state index in [0.717, 1.165) is 6.08 Å². The molecule has 0 bridgehead atoms. The first-order chi connectivity index (χ1) is 4.92. The van der Waals surface area contributed by atoms with Gasteiger partial charge in [0, 0.05) is 12.5 Å². The number of carbonyl (C=O) groups is 1. The summed E-state index contributed by atoms with van der Waals surface area (Å²) in [5.74, 6) is -1.23. The van der Waals surface area contributed by atoms with E-state index in [4.69, 9.17) is 5.11 Å². The molecule has 0 aromatic heterocycles. The highest BCUT2D eigenvalue weighted by Crippen LogP contribution is 2.21. The average molecular weight is 168 g/mol. The Bertz CT molecular complexity index is 160. The SMILES string of the molecule is O=C(O)/C=C/CCC(F)(F)F. The maximum absolute atomic E-state index is 11.4. The quantitative estimate of drug-likeness (QED) is 0.654. The molecule has 0 radical (unpaired) electrons. The molecule has 0 aliphatic rings. The Kier molecular flexibility index (Phi) is 3.64. The van der Waals surface area contributed by atoms with Crippen molar-refractivity contribution in [2.24, 2.45) is 0 Å². The predicted molar refractivity (Wildman–Crippen MR) is 32.1 cm³/mol. The molecule has 0 amide bonds. The fourth-order valence-electron chi connectivity index (χ4n) is 0.431. The summed E-state index contributed by atoms with van der Waals surface area (Å²) in [4.78, 5) is 9.76. The lowest BCUT2D eigenvalue weighted by molar-refractivity contribution is -0.134. The Morgan fingerprint density at radius 2 is 2.00 bits per heavy atom. The lowest BCUT2D eigenvalue weighted by atomic mass is 10.3. The average Bonchev–Trinajstić information content (AvgIpc) is 1.78. The largest absolute Gasteiger partial charge is 0.478 e. The van der Waals surface area contributed by atoms with E-state index < -0.39 is 18.6 Å². The van der Waals surface area contributed by atoms with E-state index >= 15 is 0 Å². The standard InChI is InChI=1S/C6H7F3O2/c7-6(8,9)4-2-1-3-5(10)11/h1,3H,2,4H2,(H,10,11)/b3-1+. The molecule has 1 N–H and O–H groups in total. The number of rotatable bonds is 3. The van der Waals surface area contributed by atoms with E-state index in [-0.39, 0.29) is 6.42 Å². The lowest BCUT2D eigenvalue weighted by Crippen LogP contribution is -2.05. The molecule has 64 valence electrons. The summed E-state index contributed by atoms with van der Waals surface area (Å²) < 4.78 is 34.2. The zero-order chi connectivity index (χ0) is 8.91.